The van der Waals surface area contributed by atoms with Crippen LogP contribution in [0.15, 0.2) is 24.3 Å². The van der Waals surface area contributed by atoms with E-state index in [9.17, 15) is 9.90 Å². The van der Waals surface area contributed by atoms with Gasteiger partial charge < -0.3 is 20.3 Å². The molecule has 1 aromatic carbocycles. The predicted molar refractivity (Wildman–Crippen MR) is 74.7 cm³/mol. The first kappa shape index (κ1) is 15.1. The lowest BCUT2D eigenvalue weighted by molar-refractivity contribution is -0.123. The molecule has 1 aromatic rings. The summed E-state index contributed by atoms with van der Waals surface area (Å²) in [6.45, 7) is -0.146. The lowest BCUT2D eigenvalue weighted by Gasteiger charge is -2.13. The monoisotopic (exact) mass is 299 g/mol. The number of ether oxygens (including phenoxy) is 1. The van der Waals surface area contributed by atoms with Gasteiger partial charge >= 0.3 is 0 Å². The summed E-state index contributed by atoms with van der Waals surface area (Å²) >= 11 is 5.75. The SMILES string of the molecule is O=C(COc1ccc(Cl)cc1)N[C@@H]1C[C@H](CO)[C@H](O)C1. The van der Waals surface area contributed by atoms with E-state index < -0.39 is 6.10 Å². The third kappa shape index (κ3) is 4.10. The Morgan fingerprint density at radius 1 is 1.35 bits per heavy atom. The van der Waals surface area contributed by atoms with Gasteiger partial charge in [0.25, 0.3) is 5.91 Å². The third-order valence-electron chi connectivity index (χ3n) is 3.44. The molecule has 0 saturated heterocycles. The van der Waals surface area contributed by atoms with Crippen LogP contribution in [0.1, 0.15) is 12.8 Å². The Labute approximate surface area is 122 Å². The minimum Gasteiger partial charge on any atom is -0.484 e. The molecule has 1 aliphatic rings. The second-order valence-corrected chi connectivity index (χ2v) is 5.42. The molecule has 1 fully saturated rings. The van der Waals surface area contributed by atoms with Crippen molar-refractivity contribution in [1.29, 1.82) is 0 Å². The van der Waals surface area contributed by atoms with E-state index in [1.54, 1.807) is 24.3 Å². The third-order valence-corrected chi connectivity index (χ3v) is 3.69. The fourth-order valence-electron chi connectivity index (χ4n) is 2.37. The van der Waals surface area contributed by atoms with E-state index in [-0.39, 0.29) is 31.1 Å². The molecule has 0 spiro atoms. The van der Waals surface area contributed by atoms with Crippen LogP contribution in [0.3, 0.4) is 0 Å². The van der Waals surface area contributed by atoms with Crippen LogP contribution < -0.4 is 10.1 Å². The zero-order valence-corrected chi connectivity index (χ0v) is 11.7. The first-order valence-corrected chi connectivity index (χ1v) is 6.93. The van der Waals surface area contributed by atoms with E-state index in [0.717, 1.165) is 0 Å². The van der Waals surface area contributed by atoms with Crippen LogP contribution in [0, 0.1) is 5.92 Å². The maximum atomic E-state index is 11.7. The standard InChI is InChI=1S/C14H18ClNO4/c15-10-1-3-12(4-2-10)20-8-14(19)16-11-5-9(7-17)13(18)6-11/h1-4,9,11,13,17-18H,5-8H2,(H,16,19)/t9-,11-,13-/m1/s1. The number of hydrogen-bond acceptors (Lipinski definition) is 4. The highest BCUT2D eigenvalue weighted by atomic mass is 35.5. The van der Waals surface area contributed by atoms with E-state index in [4.69, 9.17) is 21.4 Å². The molecule has 0 unspecified atom stereocenters. The highest BCUT2D eigenvalue weighted by Crippen LogP contribution is 2.25. The topological polar surface area (TPSA) is 78.8 Å². The summed E-state index contributed by atoms with van der Waals surface area (Å²) in [6.07, 6.45) is 0.505. The van der Waals surface area contributed by atoms with Gasteiger partial charge in [-0.15, -0.1) is 0 Å². The van der Waals surface area contributed by atoms with Gasteiger partial charge in [-0.2, -0.15) is 0 Å². The molecule has 1 aliphatic carbocycles. The summed E-state index contributed by atoms with van der Waals surface area (Å²) in [5.74, 6) is 0.178. The molecule has 20 heavy (non-hydrogen) atoms. The molecule has 0 radical (unpaired) electrons. The van der Waals surface area contributed by atoms with Gasteiger partial charge in [0.15, 0.2) is 6.61 Å². The quantitative estimate of drug-likeness (QED) is 0.757. The van der Waals surface area contributed by atoms with Crippen molar-refractivity contribution in [2.24, 2.45) is 5.92 Å². The van der Waals surface area contributed by atoms with Gasteiger partial charge in [-0.1, -0.05) is 11.6 Å². The fraction of sp³-hybridized carbons (Fsp3) is 0.500. The number of amides is 1. The second-order valence-electron chi connectivity index (χ2n) is 4.99. The average Bonchev–Trinajstić information content (AvgIpc) is 2.78. The van der Waals surface area contributed by atoms with E-state index in [0.29, 0.717) is 23.6 Å². The molecule has 110 valence electrons. The van der Waals surface area contributed by atoms with Gasteiger partial charge in [0, 0.05) is 23.6 Å². The second kappa shape index (κ2) is 6.92. The van der Waals surface area contributed by atoms with E-state index in [1.807, 2.05) is 0 Å². The number of carbonyl (C=O) groups is 1. The van der Waals surface area contributed by atoms with E-state index in [1.165, 1.54) is 0 Å². The fourth-order valence-corrected chi connectivity index (χ4v) is 2.49. The van der Waals surface area contributed by atoms with Crippen molar-refractivity contribution in [3.8, 4) is 5.75 Å². The van der Waals surface area contributed by atoms with Crippen LogP contribution in [0.5, 0.6) is 5.75 Å². The zero-order valence-electron chi connectivity index (χ0n) is 11.0. The molecule has 0 heterocycles. The first-order chi connectivity index (χ1) is 9.58. The number of nitrogens with one attached hydrogen (secondary N) is 1. The van der Waals surface area contributed by atoms with Crippen molar-refractivity contribution >= 4 is 17.5 Å². The van der Waals surface area contributed by atoms with Crippen LogP contribution in [0.2, 0.25) is 5.02 Å². The average molecular weight is 300 g/mol. The normalized spacial score (nSPS) is 25.4. The van der Waals surface area contributed by atoms with Gasteiger partial charge in [0.05, 0.1) is 6.10 Å². The highest BCUT2D eigenvalue weighted by molar-refractivity contribution is 6.30. The van der Waals surface area contributed by atoms with Gasteiger partial charge in [0.1, 0.15) is 5.75 Å². The summed E-state index contributed by atoms with van der Waals surface area (Å²) in [6, 6.07) is 6.65. The molecule has 2 rings (SSSR count). The Morgan fingerprint density at radius 3 is 2.65 bits per heavy atom. The molecule has 5 nitrogen and oxygen atoms in total. The summed E-state index contributed by atoms with van der Waals surface area (Å²) < 4.78 is 5.33. The van der Waals surface area contributed by atoms with Gasteiger partial charge in [-0.05, 0) is 37.1 Å². The number of halogens is 1. The number of benzene rings is 1. The van der Waals surface area contributed by atoms with Crippen molar-refractivity contribution in [2.45, 2.75) is 25.0 Å². The molecule has 1 saturated carbocycles. The highest BCUT2D eigenvalue weighted by Gasteiger charge is 2.33. The van der Waals surface area contributed by atoms with Crippen molar-refractivity contribution in [1.82, 2.24) is 5.32 Å². The lowest BCUT2D eigenvalue weighted by Crippen LogP contribution is -2.36. The summed E-state index contributed by atoms with van der Waals surface area (Å²) in [7, 11) is 0. The Bertz CT molecular complexity index is 451. The molecule has 1 amide bonds. The maximum Gasteiger partial charge on any atom is 0.258 e. The zero-order chi connectivity index (χ0) is 14.5. The molecule has 6 heteroatoms. The maximum absolute atomic E-state index is 11.7. The first-order valence-electron chi connectivity index (χ1n) is 6.55. The molecule has 0 aliphatic heterocycles. The van der Waals surface area contributed by atoms with Crippen molar-refractivity contribution < 1.29 is 19.7 Å². The van der Waals surface area contributed by atoms with Crippen LogP contribution in [-0.4, -0.2) is 41.5 Å². The Hall–Kier alpha value is -1.30. The summed E-state index contributed by atoms with van der Waals surface area (Å²) in [5, 5.41) is 22.1. The largest absolute Gasteiger partial charge is 0.484 e. The molecular formula is C14H18ClNO4. The van der Waals surface area contributed by atoms with Crippen LogP contribution in [-0.2, 0) is 4.79 Å². The molecular weight excluding hydrogens is 282 g/mol. The van der Waals surface area contributed by atoms with Crippen molar-refractivity contribution in [2.75, 3.05) is 13.2 Å². The predicted octanol–water partition coefficient (Wildman–Crippen LogP) is 0.967. The molecule has 3 N–H and O–H groups in total. The molecule has 0 aromatic heterocycles. The van der Waals surface area contributed by atoms with E-state index >= 15 is 0 Å². The van der Waals surface area contributed by atoms with Gasteiger partial charge in [0.2, 0.25) is 0 Å². The van der Waals surface area contributed by atoms with Gasteiger partial charge in [-0.3, -0.25) is 4.79 Å². The summed E-state index contributed by atoms with van der Waals surface area (Å²) in [4.78, 5) is 11.7. The van der Waals surface area contributed by atoms with Crippen LogP contribution in [0.25, 0.3) is 0 Å². The summed E-state index contributed by atoms with van der Waals surface area (Å²) in [5.41, 5.74) is 0. The Kier molecular flexibility index (Phi) is 5.23. The number of hydrogen-bond donors (Lipinski definition) is 3. The number of carbonyl (C=O) groups excluding carboxylic acids is 1. The van der Waals surface area contributed by atoms with E-state index in [2.05, 4.69) is 5.32 Å². The number of aliphatic hydroxyl groups is 2. The van der Waals surface area contributed by atoms with Gasteiger partial charge in [-0.25, -0.2) is 0 Å². The smallest absolute Gasteiger partial charge is 0.258 e. The Morgan fingerprint density at radius 2 is 2.05 bits per heavy atom. The Balaban J connectivity index is 1.74. The van der Waals surface area contributed by atoms with Crippen LogP contribution >= 0.6 is 11.6 Å². The number of aliphatic hydroxyl groups excluding tert-OH is 2. The van der Waals surface area contributed by atoms with Crippen LogP contribution in [0.4, 0.5) is 0 Å². The van der Waals surface area contributed by atoms with Crippen molar-refractivity contribution in [3.63, 3.8) is 0 Å². The lowest BCUT2D eigenvalue weighted by atomic mass is 10.1. The molecule has 0 bridgehead atoms. The van der Waals surface area contributed by atoms with Crippen molar-refractivity contribution in [3.05, 3.63) is 29.3 Å². The number of rotatable bonds is 5. The minimum absolute atomic E-state index is 0.0607. The molecule has 3 atom stereocenters. The minimum atomic E-state index is -0.553.